The molecule has 0 aromatic carbocycles. The Morgan fingerprint density at radius 1 is 1.67 bits per heavy atom. The van der Waals surface area contributed by atoms with Gasteiger partial charge in [0, 0.05) is 0 Å². The summed E-state index contributed by atoms with van der Waals surface area (Å²) >= 11 is 0. The van der Waals surface area contributed by atoms with Crippen LogP contribution in [-0.4, -0.2) is 11.3 Å². The molecule has 0 aromatic heterocycles. The summed E-state index contributed by atoms with van der Waals surface area (Å²) in [5.41, 5.74) is 0. The van der Waals surface area contributed by atoms with E-state index in [0.717, 1.165) is 0 Å². The first kappa shape index (κ1) is 7.93. The third kappa shape index (κ3) is 3.51. The van der Waals surface area contributed by atoms with Crippen LogP contribution in [0, 0.1) is 10.1 Å². The van der Waals surface area contributed by atoms with Gasteiger partial charge in [-0.15, -0.1) is 4.39 Å². The Balaban J connectivity index is 4.00. The van der Waals surface area contributed by atoms with Crippen molar-refractivity contribution in [3.05, 3.63) is 22.1 Å². The number of hydrogen-bond donors (Lipinski definition) is 0. The van der Waals surface area contributed by atoms with Crippen LogP contribution >= 0.6 is 0 Å². The molecule has 0 amide bonds. The van der Waals surface area contributed by atoms with Crippen molar-refractivity contribution in [1.29, 1.82) is 0 Å². The van der Waals surface area contributed by atoms with Crippen molar-refractivity contribution in [2.75, 3.05) is 0 Å². The van der Waals surface area contributed by atoms with Crippen LogP contribution in [-0.2, 0) is 0 Å². The van der Waals surface area contributed by atoms with Gasteiger partial charge in [0.25, 0.3) is 6.43 Å². The van der Waals surface area contributed by atoms with Crippen LogP contribution < -0.4 is 0 Å². The number of hydrogen-bond acceptors (Lipinski definition) is 2. The summed E-state index contributed by atoms with van der Waals surface area (Å²) in [6.07, 6.45) is -3.49. The van der Waals surface area contributed by atoms with Crippen LogP contribution in [0.2, 0.25) is 0 Å². The van der Waals surface area contributed by atoms with Crippen LogP contribution in [0.15, 0.2) is 12.0 Å². The summed E-state index contributed by atoms with van der Waals surface area (Å²) in [7, 11) is 0. The van der Waals surface area contributed by atoms with Gasteiger partial charge in [0.1, 0.15) is 0 Å². The Bertz CT molecular complexity index is 144. The van der Waals surface area contributed by atoms with Gasteiger partial charge in [-0.3, -0.25) is 10.1 Å². The van der Waals surface area contributed by atoms with Crippen molar-refractivity contribution < 1.29 is 18.1 Å². The van der Waals surface area contributed by atoms with Gasteiger partial charge in [-0.05, 0) is 0 Å². The maximum atomic E-state index is 11.5. The molecule has 0 aliphatic carbocycles. The molecule has 0 N–H and O–H groups in total. The molecule has 0 spiro atoms. The molecule has 0 saturated carbocycles. The van der Waals surface area contributed by atoms with Crippen LogP contribution in [0.5, 0.6) is 0 Å². The molecule has 0 heterocycles. The normalized spacial score (nSPS) is 12.2. The molecule has 0 saturated heterocycles. The second-order valence-corrected chi connectivity index (χ2v) is 1.08. The third-order valence-electron chi connectivity index (χ3n) is 0.438. The van der Waals surface area contributed by atoms with Gasteiger partial charge in [-0.25, -0.2) is 8.78 Å². The van der Waals surface area contributed by atoms with E-state index in [1.165, 1.54) is 0 Å². The highest BCUT2D eigenvalue weighted by Gasteiger charge is 2.11. The molecule has 0 radical (unpaired) electrons. The van der Waals surface area contributed by atoms with E-state index in [2.05, 4.69) is 0 Å². The first-order chi connectivity index (χ1) is 4.04. The topological polar surface area (TPSA) is 43.1 Å². The summed E-state index contributed by atoms with van der Waals surface area (Å²) in [5.74, 6) is -2.02. The molecule has 0 rings (SSSR count). The third-order valence-corrected chi connectivity index (χ3v) is 0.438. The zero-order valence-electron chi connectivity index (χ0n) is 4.05. The van der Waals surface area contributed by atoms with Crippen molar-refractivity contribution in [3.8, 4) is 0 Å². The van der Waals surface area contributed by atoms with Crippen molar-refractivity contribution in [1.82, 2.24) is 0 Å². The van der Waals surface area contributed by atoms with E-state index in [-0.39, 0.29) is 6.08 Å². The molecule has 3 nitrogen and oxygen atoms in total. The van der Waals surface area contributed by atoms with Crippen molar-refractivity contribution in [2.45, 2.75) is 6.43 Å². The minimum atomic E-state index is -3.12. The van der Waals surface area contributed by atoms with Crippen LogP contribution in [0.3, 0.4) is 0 Å². The van der Waals surface area contributed by atoms with E-state index < -0.39 is 17.3 Å². The fourth-order valence-corrected chi connectivity index (χ4v) is 0.165. The second kappa shape index (κ2) is 3.06. The molecular formula is C3H2F3NO2. The van der Waals surface area contributed by atoms with Crippen molar-refractivity contribution in [2.24, 2.45) is 0 Å². The predicted molar refractivity (Wildman–Crippen MR) is 22.2 cm³/mol. The van der Waals surface area contributed by atoms with E-state index in [1.807, 2.05) is 0 Å². The zero-order chi connectivity index (χ0) is 7.44. The number of nitro groups is 1. The summed E-state index contributed by atoms with van der Waals surface area (Å²) in [6.45, 7) is 0. The standard InChI is InChI=1S/C3H2F3NO2/c4-2(5)1-3(6)7(8)9/h1-2H/b3-1+. The Labute approximate surface area is 47.9 Å². The summed E-state index contributed by atoms with van der Waals surface area (Å²) in [6, 6.07) is 0. The molecule has 0 fully saturated rings. The Hall–Kier alpha value is -1.07. The minimum absolute atomic E-state index is 0.375. The molecule has 0 atom stereocenters. The Morgan fingerprint density at radius 2 is 2.11 bits per heavy atom. The molecule has 52 valence electrons. The van der Waals surface area contributed by atoms with Gasteiger partial charge in [0.2, 0.25) is 0 Å². The lowest BCUT2D eigenvalue weighted by Crippen LogP contribution is -1.95. The smallest absolute Gasteiger partial charge is 0.256 e. The van der Waals surface area contributed by atoms with Gasteiger partial charge in [0.05, 0.1) is 11.0 Å². The SMILES string of the molecule is O=[N+]([O-])/C(F)=C/C(F)F. The van der Waals surface area contributed by atoms with E-state index in [4.69, 9.17) is 0 Å². The van der Waals surface area contributed by atoms with E-state index >= 15 is 0 Å². The minimum Gasteiger partial charge on any atom is -0.256 e. The van der Waals surface area contributed by atoms with Gasteiger partial charge in [-0.2, -0.15) is 0 Å². The first-order valence-corrected chi connectivity index (χ1v) is 1.84. The lowest BCUT2D eigenvalue weighted by atomic mass is 10.6. The monoisotopic (exact) mass is 141 g/mol. The highest BCUT2D eigenvalue weighted by molar-refractivity contribution is 4.82. The largest absolute Gasteiger partial charge is 0.421 e. The summed E-state index contributed by atoms with van der Waals surface area (Å²) < 4.78 is 33.5. The molecular weight excluding hydrogens is 139 g/mol. The van der Waals surface area contributed by atoms with Gasteiger partial charge < -0.3 is 0 Å². The zero-order valence-corrected chi connectivity index (χ0v) is 4.05. The van der Waals surface area contributed by atoms with Crippen molar-refractivity contribution >= 4 is 0 Å². The van der Waals surface area contributed by atoms with Crippen LogP contribution in [0.1, 0.15) is 0 Å². The molecule has 0 aliphatic heterocycles. The Morgan fingerprint density at radius 3 is 2.22 bits per heavy atom. The lowest BCUT2D eigenvalue weighted by Gasteiger charge is -1.83. The maximum absolute atomic E-state index is 11.5. The maximum Gasteiger partial charge on any atom is 0.421 e. The molecule has 9 heavy (non-hydrogen) atoms. The fourth-order valence-electron chi connectivity index (χ4n) is 0.165. The number of allylic oxidation sites excluding steroid dienone is 1. The van der Waals surface area contributed by atoms with Crippen molar-refractivity contribution in [3.63, 3.8) is 0 Å². The Kier molecular flexibility index (Phi) is 2.69. The number of rotatable bonds is 2. The molecule has 0 bridgehead atoms. The highest BCUT2D eigenvalue weighted by atomic mass is 19.3. The second-order valence-electron chi connectivity index (χ2n) is 1.08. The van der Waals surface area contributed by atoms with E-state index in [0.29, 0.717) is 0 Å². The van der Waals surface area contributed by atoms with Gasteiger partial charge in [-0.1, -0.05) is 0 Å². The van der Waals surface area contributed by atoms with E-state index in [1.54, 1.807) is 0 Å². The van der Waals surface area contributed by atoms with E-state index in [9.17, 15) is 23.3 Å². The fraction of sp³-hybridized carbons (Fsp3) is 0.333. The molecule has 6 heteroatoms. The molecule has 0 aromatic rings. The number of nitrogens with zero attached hydrogens (tertiary/aromatic N) is 1. The van der Waals surface area contributed by atoms with Crippen LogP contribution in [0.25, 0.3) is 0 Å². The molecule has 0 unspecified atom stereocenters. The first-order valence-electron chi connectivity index (χ1n) is 1.84. The average molecular weight is 141 g/mol. The quantitative estimate of drug-likeness (QED) is 0.331. The summed E-state index contributed by atoms with van der Waals surface area (Å²) in [5, 5.41) is 9.26. The highest BCUT2D eigenvalue weighted by Crippen LogP contribution is 2.02. The number of halogens is 3. The van der Waals surface area contributed by atoms with Gasteiger partial charge >= 0.3 is 5.95 Å². The average Bonchev–Trinajstić information content (AvgIpc) is 1.63. The number of alkyl halides is 2. The van der Waals surface area contributed by atoms with Gasteiger partial charge in [0.15, 0.2) is 0 Å². The lowest BCUT2D eigenvalue weighted by molar-refractivity contribution is -0.447. The van der Waals surface area contributed by atoms with Crippen LogP contribution in [0.4, 0.5) is 13.2 Å². The summed E-state index contributed by atoms with van der Waals surface area (Å²) in [4.78, 5) is 7.74. The predicted octanol–water partition coefficient (Wildman–Crippen LogP) is 1.34. The molecule has 0 aliphatic rings.